The number of rotatable bonds is 6. The van der Waals surface area contributed by atoms with E-state index in [1.165, 1.54) is 0 Å². The lowest BCUT2D eigenvalue weighted by Gasteiger charge is -2.23. The first-order valence-corrected chi connectivity index (χ1v) is 6.35. The number of hydrogen-bond donors (Lipinski definition) is 2. The molecule has 1 fully saturated rings. The fourth-order valence-corrected chi connectivity index (χ4v) is 2.21. The lowest BCUT2D eigenvalue weighted by molar-refractivity contribution is -0.141. The number of methoxy groups -OCH3 is 1. The Labute approximate surface area is 107 Å². The Hall–Kier alpha value is -1.30. The molecule has 0 aromatic heterocycles. The van der Waals surface area contributed by atoms with Crippen molar-refractivity contribution in [3.8, 4) is 0 Å². The summed E-state index contributed by atoms with van der Waals surface area (Å²) < 4.78 is 4.94. The van der Waals surface area contributed by atoms with Crippen molar-refractivity contribution < 1.29 is 19.4 Å². The summed E-state index contributed by atoms with van der Waals surface area (Å²) in [5, 5.41) is 11.8. The van der Waals surface area contributed by atoms with Crippen molar-refractivity contribution in [3.63, 3.8) is 0 Å². The van der Waals surface area contributed by atoms with Gasteiger partial charge in [0.05, 0.1) is 12.5 Å². The zero-order valence-corrected chi connectivity index (χ0v) is 11.0. The van der Waals surface area contributed by atoms with E-state index in [1.54, 1.807) is 12.0 Å². The Morgan fingerprint density at radius 3 is 2.67 bits per heavy atom. The largest absolute Gasteiger partial charge is 0.481 e. The average Bonchev–Trinajstić information content (AvgIpc) is 2.78. The molecule has 1 saturated carbocycles. The molecule has 0 aromatic rings. The second-order valence-corrected chi connectivity index (χ2v) is 4.57. The average molecular weight is 258 g/mol. The molecular formula is C12H22N2O4. The highest BCUT2D eigenvalue weighted by Gasteiger charge is 2.31. The minimum absolute atomic E-state index is 0.0183. The number of carboxylic acid groups (broad SMARTS) is 1. The summed E-state index contributed by atoms with van der Waals surface area (Å²) in [7, 11) is 1.60. The van der Waals surface area contributed by atoms with Crippen molar-refractivity contribution in [2.24, 2.45) is 5.92 Å². The summed E-state index contributed by atoms with van der Waals surface area (Å²) in [5.74, 6) is -1.08. The monoisotopic (exact) mass is 258 g/mol. The number of carbonyl (C=O) groups is 2. The van der Waals surface area contributed by atoms with Gasteiger partial charge >= 0.3 is 12.0 Å². The van der Waals surface area contributed by atoms with E-state index in [0.29, 0.717) is 32.5 Å². The number of carboxylic acids is 1. The molecule has 0 aromatic carbocycles. The maximum Gasteiger partial charge on any atom is 0.317 e. The molecule has 0 aliphatic heterocycles. The van der Waals surface area contributed by atoms with E-state index in [-0.39, 0.29) is 18.0 Å². The second-order valence-electron chi connectivity index (χ2n) is 4.57. The van der Waals surface area contributed by atoms with Crippen LogP contribution in [0.5, 0.6) is 0 Å². The van der Waals surface area contributed by atoms with Crippen LogP contribution < -0.4 is 5.32 Å². The third-order valence-electron chi connectivity index (χ3n) is 3.34. The number of hydrogen-bond acceptors (Lipinski definition) is 3. The molecule has 0 heterocycles. The Balaban J connectivity index is 2.37. The van der Waals surface area contributed by atoms with Crippen molar-refractivity contribution in [1.29, 1.82) is 0 Å². The van der Waals surface area contributed by atoms with Gasteiger partial charge in [0.1, 0.15) is 0 Å². The lowest BCUT2D eigenvalue weighted by Crippen LogP contribution is -2.45. The molecule has 2 N–H and O–H groups in total. The standard InChI is InChI=1S/C12H22N2O4/c1-3-14(6-7-18-2)12(17)13-10-5-4-9(8-10)11(15)16/h9-10H,3-8H2,1-2H3,(H,13,17)(H,15,16)/t9-,10+/m1/s1. The highest BCUT2D eigenvalue weighted by atomic mass is 16.5. The van der Waals surface area contributed by atoms with Gasteiger partial charge in [-0.2, -0.15) is 0 Å². The number of nitrogens with one attached hydrogen (secondary N) is 1. The minimum Gasteiger partial charge on any atom is -0.481 e. The van der Waals surface area contributed by atoms with Crippen molar-refractivity contribution in [2.75, 3.05) is 26.8 Å². The quantitative estimate of drug-likeness (QED) is 0.742. The molecule has 0 bridgehead atoms. The first-order chi connectivity index (χ1) is 8.58. The Morgan fingerprint density at radius 2 is 2.17 bits per heavy atom. The maximum absolute atomic E-state index is 11.9. The molecule has 2 amide bonds. The molecule has 6 nitrogen and oxygen atoms in total. The predicted octanol–water partition coefficient (Wildman–Crippen LogP) is 0.918. The molecule has 0 saturated heterocycles. The fraction of sp³-hybridized carbons (Fsp3) is 0.833. The lowest BCUT2D eigenvalue weighted by atomic mass is 10.1. The molecule has 6 heteroatoms. The maximum atomic E-state index is 11.9. The van der Waals surface area contributed by atoms with Crippen LogP contribution in [-0.4, -0.2) is 54.9 Å². The van der Waals surface area contributed by atoms with Gasteiger partial charge in [0.25, 0.3) is 0 Å². The van der Waals surface area contributed by atoms with Crippen LogP contribution in [0.4, 0.5) is 4.79 Å². The molecule has 0 spiro atoms. The summed E-state index contributed by atoms with van der Waals surface area (Å²) in [6.07, 6.45) is 1.91. The van der Waals surface area contributed by atoms with Crippen LogP contribution in [0.3, 0.4) is 0 Å². The third-order valence-corrected chi connectivity index (χ3v) is 3.34. The van der Waals surface area contributed by atoms with Crippen LogP contribution in [0.2, 0.25) is 0 Å². The van der Waals surface area contributed by atoms with Gasteiger partial charge in [-0.15, -0.1) is 0 Å². The van der Waals surface area contributed by atoms with E-state index in [2.05, 4.69) is 5.32 Å². The first-order valence-electron chi connectivity index (χ1n) is 6.35. The van der Waals surface area contributed by atoms with Gasteiger partial charge in [-0.25, -0.2) is 4.79 Å². The van der Waals surface area contributed by atoms with Gasteiger partial charge < -0.3 is 20.1 Å². The van der Waals surface area contributed by atoms with Crippen LogP contribution in [0.1, 0.15) is 26.2 Å². The van der Waals surface area contributed by atoms with Gasteiger partial charge in [0.15, 0.2) is 0 Å². The summed E-state index contributed by atoms with van der Waals surface area (Å²) >= 11 is 0. The van der Waals surface area contributed by atoms with Crippen molar-refractivity contribution in [3.05, 3.63) is 0 Å². The predicted molar refractivity (Wildman–Crippen MR) is 66.4 cm³/mol. The number of amides is 2. The Morgan fingerprint density at radius 1 is 1.44 bits per heavy atom. The summed E-state index contributed by atoms with van der Waals surface area (Å²) in [6, 6.07) is -0.152. The van der Waals surface area contributed by atoms with E-state index >= 15 is 0 Å². The van der Waals surface area contributed by atoms with Crippen LogP contribution >= 0.6 is 0 Å². The molecule has 2 atom stereocenters. The summed E-state index contributed by atoms with van der Waals surface area (Å²) in [5.41, 5.74) is 0. The van der Waals surface area contributed by atoms with Gasteiger partial charge in [0, 0.05) is 26.2 Å². The number of nitrogens with zero attached hydrogens (tertiary/aromatic N) is 1. The van der Waals surface area contributed by atoms with E-state index in [0.717, 1.165) is 6.42 Å². The highest BCUT2D eigenvalue weighted by molar-refractivity contribution is 5.75. The zero-order valence-electron chi connectivity index (χ0n) is 11.0. The second kappa shape index (κ2) is 7.20. The van der Waals surface area contributed by atoms with Crippen LogP contribution in [0.15, 0.2) is 0 Å². The molecule has 0 radical (unpaired) electrons. The Kier molecular flexibility index (Phi) is 5.91. The normalized spacial score (nSPS) is 22.8. The molecule has 18 heavy (non-hydrogen) atoms. The van der Waals surface area contributed by atoms with E-state index in [1.807, 2.05) is 6.92 Å². The van der Waals surface area contributed by atoms with Crippen LogP contribution in [-0.2, 0) is 9.53 Å². The smallest absolute Gasteiger partial charge is 0.317 e. The zero-order chi connectivity index (χ0) is 13.5. The van der Waals surface area contributed by atoms with Crippen molar-refractivity contribution in [1.82, 2.24) is 10.2 Å². The topological polar surface area (TPSA) is 78.9 Å². The van der Waals surface area contributed by atoms with E-state index < -0.39 is 5.97 Å². The minimum atomic E-state index is -0.765. The SMILES string of the molecule is CCN(CCOC)C(=O)N[C@H]1CC[C@@H](C(=O)O)C1. The molecule has 1 rings (SSSR count). The number of carbonyl (C=O) groups excluding carboxylic acids is 1. The molecule has 0 unspecified atom stereocenters. The van der Waals surface area contributed by atoms with Crippen LogP contribution in [0, 0.1) is 5.92 Å². The molecule has 1 aliphatic carbocycles. The highest BCUT2D eigenvalue weighted by Crippen LogP contribution is 2.25. The van der Waals surface area contributed by atoms with Crippen molar-refractivity contribution >= 4 is 12.0 Å². The molecular weight excluding hydrogens is 236 g/mol. The number of urea groups is 1. The van der Waals surface area contributed by atoms with E-state index in [4.69, 9.17) is 9.84 Å². The number of likely N-dealkylation sites (N-methyl/N-ethyl adjacent to an activating group) is 1. The van der Waals surface area contributed by atoms with Gasteiger partial charge in [-0.1, -0.05) is 0 Å². The molecule has 104 valence electrons. The fourth-order valence-electron chi connectivity index (χ4n) is 2.21. The summed E-state index contributed by atoms with van der Waals surface area (Å²) in [6.45, 7) is 3.58. The number of aliphatic carboxylic acids is 1. The summed E-state index contributed by atoms with van der Waals surface area (Å²) in [4.78, 5) is 24.4. The van der Waals surface area contributed by atoms with Gasteiger partial charge in [-0.3, -0.25) is 4.79 Å². The number of ether oxygens (including phenoxy) is 1. The van der Waals surface area contributed by atoms with E-state index in [9.17, 15) is 9.59 Å². The van der Waals surface area contributed by atoms with Gasteiger partial charge in [0.2, 0.25) is 0 Å². The van der Waals surface area contributed by atoms with Crippen LogP contribution in [0.25, 0.3) is 0 Å². The Bertz CT molecular complexity index is 296. The third kappa shape index (κ3) is 4.18. The van der Waals surface area contributed by atoms with Gasteiger partial charge in [-0.05, 0) is 26.2 Å². The first kappa shape index (κ1) is 14.8. The molecule has 1 aliphatic rings. The van der Waals surface area contributed by atoms with Crippen molar-refractivity contribution in [2.45, 2.75) is 32.2 Å².